The molecule has 2 aromatic rings. The number of hydrogen-bond donors (Lipinski definition) is 1. The third kappa shape index (κ3) is 4.11. The zero-order valence-electron chi connectivity index (χ0n) is 12.7. The predicted octanol–water partition coefficient (Wildman–Crippen LogP) is 4.59. The zero-order valence-corrected chi connectivity index (χ0v) is 12.7. The fourth-order valence-corrected chi connectivity index (χ4v) is 2.46. The van der Waals surface area contributed by atoms with Crippen molar-refractivity contribution in [2.45, 2.75) is 32.2 Å². The molecule has 112 valence electrons. The van der Waals surface area contributed by atoms with E-state index in [1.165, 1.54) is 17.7 Å². The average Bonchev–Trinajstić information content (AvgIpc) is 2.44. The second-order valence-electron chi connectivity index (χ2n) is 5.64. The van der Waals surface area contributed by atoms with Crippen molar-refractivity contribution in [3.8, 4) is 0 Å². The Morgan fingerprint density at radius 1 is 0.905 bits per heavy atom. The minimum absolute atomic E-state index is 0.0346. The van der Waals surface area contributed by atoms with Gasteiger partial charge in [-0.2, -0.15) is 0 Å². The molecule has 0 saturated carbocycles. The van der Waals surface area contributed by atoms with Gasteiger partial charge in [0.2, 0.25) is 0 Å². The molecule has 0 radical (unpaired) electrons. The van der Waals surface area contributed by atoms with E-state index >= 15 is 0 Å². The van der Waals surface area contributed by atoms with Crippen molar-refractivity contribution >= 4 is 0 Å². The van der Waals surface area contributed by atoms with Crippen molar-refractivity contribution in [1.29, 1.82) is 0 Å². The van der Waals surface area contributed by atoms with Crippen LogP contribution in [-0.2, 0) is 6.42 Å². The summed E-state index contributed by atoms with van der Waals surface area (Å²) in [5.41, 5.74) is 3.05. The first-order chi connectivity index (χ1) is 9.99. The van der Waals surface area contributed by atoms with Gasteiger partial charge in [0.05, 0.1) is 0 Å². The van der Waals surface area contributed by atoms with Gasteiger partial charge in [-0.1, -0.05) is 38.1 Å². The molecule has 0 aliphatic heterocycles. The van der Waals surface area contributed by atoms with Gasteiger partial charge in [0.25, 0.3) is 0 Å². The molecule has 0 saturated heterocycles. The third-order valence-electron chi connectivity index (χ3n) is 3.72. The molecule has 0 heterocycles. The molecule has 21 heavy (non-hydrogen) atoms. The summed E-state index contributed by atoms with van der Waals surface area (Å²) in [7, 11) is 1.86. The van der Waals surface area contributed by atoms with E-state index in [1.54, 1.807) is 0 Å². The maximum absolute atomic E-state index is 13.3. The number of nitrogens with one attached hydrogen (secondary N) is 1. The minimum atomic E-state index is -0.532. The van der Waals surface area contributed by atoms with Gasteiger partial charge in [0, 0.05) is 12.1 Å². The monoisotopic (exact) mass is 289 g/mol. The minimum Gasteiger partial charge on any atom is -0.313 e. The van der Waals surface area contributed by atoms with E-state index < -0.39 is 11.6 Å². The van der Waals surface area contributed by atoms with Crippen LogP contribution >= 0.6 is 0 Å². The number of benzene rings is 2. The largest absolute Gasteiger partial charge is 0.313 e. The lowest BCUT2D eigenvalue weighted by atomic mass is 9.95. The van der Waals surface area contributed by atoms with Crippen molar-refractivity contribution in [1.82, 2.24) is 5.32 Å². The molecular weight excluding hydrogens is 268 g/mol. The molecule has 0 fully saturated rings. The highest BCUT2D eigenvalue weighted by Gasteiger charge is 2.12. The number of hydrogen-bond acceptors (Lipinski definition) is 1. The van der Waals surface area contributed by atoms with Crippen LogP contribution in [0.4, 0.5) is 8.78 Å². The second-order valence-corrected chi connectivity index (χ2v) is 5.64. The number of likely N-dealkylation sites (N-methyl/N-ethyl adjacent to an activating group) is 1. The fraction of sp³-hybridized carbons (Fsp3) is 0.333. The summed E-state index contributed by atoms with van der Waals surface area (Å²) in [4.78, 5) is 0. The first-order valence-corrected chi connectivity index (χ1v) is 7.21. The topological polar surface area (TPSA) is 12.0 Å². The maximum Gasteiger partial charge on any atom is 0.126 e. The molecule has 0 bridgehead atoms. The summed E-state index contributed by atoms with van der Waals surface area (Å²) < 4.78 is 26.5. The van der Waals surface area contributed by atoms with Gasteiger partial charge in [-0.05, 0) is 48.2 Å². The lowest BCUT2D eigenvalue weighted by Crippen LogP contribution is -2.19. The van der Waals surface area contributed by atoms with Gasteiger partial charge in [-0.25, -0.2) is 8.78 Å². The Hall–Kier alpha value is -1.74. The molecule has 0 aliphatic rings. The van der Waals surface area contributed by atoms with Gasteiger partial charge in [0.15, 0.2) is 0 Å². The second kappa shape index (κ2) is 6.81. The lowest BCUT2D eigenvalue weighted by Gasteiger charge is -2.18. The number of halogens is 2. The van der Waals surface area contributed by atoms with Gasteiger partial charge < -0.3 is 5.32 Å². The van der Waals surface area contributed by atoms with Crippen molar-refractivity contribution < 1.29 is 8.78 Å². The molecule has 1 unspecified atom stereocenters. The van der Waals surface area contributed by atoms with Gasteiger partial charge in [-0.15, -0.1) is 0 Å². The molecule has 1 N–H and O–H groups in total. The molecule has 0 aromatic heterocycles. The van der Waals surface area contributed by atoms with E-state index in [2.05, 4.69) is 43.4 Å². The average molecular weight is 289 g/mol. The van der Waals surface area contributed by atoms with Gasteiger partial charge >= 0.3 is 0 Å². The summed E-state index contributed by atoms with van der Waals surface area (Å²) in [5.74, 6) is -0.575. The Morgan fingerprint density at radius 3 is 1.90 bits per heavy atom. The Bertz CT molecular complexity index is 570. The van der Waals surface area contributed by atoms with Crippen LogP contribution in [0.25, 0.3) is 0 Å². The van der Waals surface area contributed by atoms with E-state index in [9.17, 15) is 8.78 Å². The van der Waals surface area contributed by atoms with Gasteiger partial charge in [0.1, 0.15) is 11.6 Å². The van der Waals surface area contributed by atoms with Crippen LogP contribution in [0, 0.1) is 11.6 Å². The van der Waals surface area contributed by atoms with Crippen LogP contribution in [-0.4, -0.2) is 7.05 Å². The summed E-state index contributed by atoms with van der Waals surface area (Å²) >= 11 is 0. The van der Waals surface area contributed by atoms with Crippen LogP contribution in [0.1, 0.15) is 42.5 Å². The molecule has 2 rings (SSSR count). The van der Waals surface area contributed by atoms with Crippen molar-refractivity contribution in [3.63, 3.8) is 0 Å². The zero-order chi connectivity index (χ0) is 15.4. The standard InChI is InChI=1S/C18H21F2N/c1-12(2)14-4-6-15(7-5-14)18(21-3)10-13-8-16(19)11-17(20)9-13/h4-9,11-12,18,21H,10H2,1-3H3. The first-order valence-electron chi connectivity index (χ1n) is 7.21. The van der Waals surface area contributed by atoms with E-state index in [0.29, 0.717) is 17.9 Å². The fourth-order valence-electron chi connectivity index (χ4n) is 2.46. The molecule has 0 spiro atoms. The van der Waals surface area contributed by atoms with Crippen LogP contribution in [0.2, 0.25) is 0 Å². The van der Waals surface area contributed by atoms with Crippen molar-refractivity contribution in [2.24, 2.45) is 0 Å². The lowest BCUT2D eigenvalue weighted by molar-refractivity contribution is 0.562. The molecular formula is C18H21F2N. The van der Waals surface area contributed by atoms with Crippen LogP contribution in [0.15, 0.2) is 42.5 Å². The van der Waals surface area contributed by atoms with Crippen molar-refractivity contribution in [2.75, 3.05) is 7.05 Å². The summed E-state index contributed by atoms with van der Waals surface area (Å²) in [6.45, 7) is 4.31. The van der Waals surface area contributed by atoms with E-state index in [1.807, 2.05) is 7.05 Å². The maximum atomic E-state index is 13.3. The predicted molar refractivity (Wildman–Crippen MR) is 82.4 cm³/mol. The number of rotatable bonds is 5. The normalized spacial score (nSPS) is 12.7. The Balaban J connectivity index is 2.19. The highest BCUT2D eigenvalue weighted by Crippen LogP contribution is 2.22. The molecule has 0 amide bonds. The smallest absolute Gasteiger partial charge is 0.126 e. The Morgan fingerprint density at radius 2 is 1.43 bits per heavy atom. The van der Waals surface area contributed by atoms with Crippen LogP contribution in [0.5, 0.6) is 0 Å². The summed E-state index contributed by atoms with van der Waals surface area (Å²) in [5, 5.41) is 3.21. The molecule has 1 nitrogen and oxygen atoms in total. The van der Waals surface area contributed by atoms with Crippen molar-refractivity contribution in [3.05, 3.63) is 70.8 Å². The van der Waals surface area contributed by atoms with Crippen LogP contribution < -0.4 is 5.32 Å². The summed E-state index contributed by atoms with van der Waals surface area (Å²) in [6.07, 6.45) is 0.548. The van der Waals surface area contributed by atoms with E-state index in [0.717, 1.165) is 11.6 Å². The van der Waals surface area contributed by atoms with E-state index in [-0.39, 0.29) is 6.04 Å². The molecule has 1 atom stereocenters. The first kappa shape index (κ1) is 15.6. The highest BCUT2D eigenvalue weighted by molar-refractivity contribution is 5.29. The Labute approximate surface area is 125 Å². The van der Waals surface area contributed by atoms with Crippen LogP contribution in [0.3, 0.4) is 0 Å². The summed E-state index contributed by atoms with van der Waals surface area (Å²) in [6, 6.07) is 12.1. The quantitative estimate of drug-likeness (QED) is 0.848. The molecule has 0 aliphatic carbocycles. The third-order valence-corrected chi connectivity index (χ3v) is 3.72. The van der Waals surface area contributed by atoms with Gasteiger partial charge in [-0.3, -0.25) is 0 Å². The molecule has 2 aromatic carbocycles. The van der Waals surface area contributed by atoms with E-state index in [4.69, 9.17) is 0 Å². The SMILES string of the molecule is CNC(Cc1cc(F)cc(F)c1)c1ccc(C(C)C)cc1. The highest BCUT2D eigenvalue weighted by atomic mass is 19.1. The molecule has 3 heteroatoms. The Kier molecular flexibility index (Phi) is 5.07.